The van der Waals surface area contributed by atoms with Gasteiger partial charge in [-0.2, -0.15) is 4.57 Å². The van der Waals surface area contributed by atoms with Crippen LogP contribution in [0.1, 0.15) is 23.0 Å². The first kappa shape index (κ1) is 15.4. The molecule has 1 unspecified atom stereocenters. The van der Waals surface area contributed by atoms with Crippen molar-refractivity contribution in [2.24, 2.45) is 0 Å². The first-order chi connectivity index (χ1) is 13.9. The molecule has 0 fully saturated rings. The molecule has 3 aromatic carbocycles. The van der Waals surface area contributed by atoms with Crippen LogP contribution in [0.15, 0.2) is 103 Å². The number of hydrogen-bond acceptors (Lipinski definition) is 1. The number of anilines is 1. The van der Waals surface area contributed by atoms with Crippen molar-refractivity contribution in [3.63, 3.8) is 0 Å². The van der Waals surface area contributed by atoms with Gasteiger partial charge in [0.05, 0.1) is 16.8 Å². The average Bonchev–Trinajstić information content (AvgIpc) is 2.78. The largest absolute Gasteiger partial charge is 0.278 e. The van der Waals surface area contributed by atoms with Crippen LogP contribution >= 0.6 is 0 Å². The van der Waals surface area contributed by atoms with Gasteiger partial charge in [0.1, 0.15) is 0 Å². The van der Waals surface area contributed by atoms with Crippen molar-refractivity contribution in [2.45, 2.75) is 6.17 Å². The van der Waals surface area contributed by atoms with Crippen LogP contribution in [-0.2, 0) is 0 Å². The maximum Gasteiger partial charge on any atom is 0.265 e. The Morgan fingerprint density at radius 3 is 2.43 bits per heavy atom. The molecule has 3 heterocycles. The van der Waals surface area contributed by atoms with Crippen LogP contribution in [-0.4, -0.2) is 0 Å². The van der Waals surface area contributed by atoms with Crippen molar-refractivity contribution in [1.29, 1.82) is 0 Å². The first-order valence-corrected chi connectivity index (χ1v) is 9.66. The molecule has 1 atom stereocenters. The molecule has 0 bridgehead atoms. The number of pyridine rings is 1. The monoisotopic (exact) mass is 359 g/mol. The SMILES string of the molecule is C1=Cc2ccccc2N2C1=Cc1c3ccccc3cc[n+]1C2c1ccccc1. The van der Waals surface area contributed by atoms with E-state index in [2.05, 4.69) is 119 Å². The molecule has 2 aliphatic heterocycles. The number of nitrogens with zero attached hydrogens (tertiary/aromatic N) is 2. The lowest BCUT2D eigenvalue weighted by Gasteiger charge is -2.37. The molecular formula is C26H19N2+. The Morgan fingerprint density at radius 2 is 1.50 bits per heavy atom. The smallest absolute Gasteiger partial charge is 0.265 e. The summed E-state index contributed by atoms with van der Waals surface area (Å²) in [4.78, 5) is 2.45. The number of rotatable bonds is 1. The number of fused-ring (bicyclic) bond motifs is 6. The lowest BCUT2D eigenvalue weighted by atomic mass is 9.97. The average molecular weight is 359 g/mol. The van der Waals surface area contributed by atoms with Crippen LogP contribution in [0.3, 0.4) is 0 Å². The van der Waals surface area contributed by atoms with Gasteiger partial charge in [-0.05, 0) is 29.2 Å². The standard InChI is InChI=1S/C26H19N2/c1-2-10-21(11-3-1)26-27-17-16-19-8-4-6-12-23(19)25(27)18-22-15-14-20-9-5-7-13-24(20)28(22)26/h1-18,26H/q+1. The second kappa shape index (κ2) is 5.93. The zero-order valence-corrected chi connectivity index (χ0v) is 15.4. The third-order valence-electron chi connectivity index (χ3n) is 5.73. The van der Waals surface area contributed by atoms with Gasteiger partial charge in [0.25, 0.3) is 6.17 Å². The normalized spacial score (nSPS) is 16.9. The molecule has 0 amide bonds. The van der Waals surface area contributed by atoms with Crippen LogP contribution in [0.4, 0.5) is 5.69 Å². The molecular weight excluding hydrogens is 340 g/mol. The summed E-state index contributed by atoms with van der Waals surface area (Å²) in [6.45, 7) is 0. The molecule has 6 rings (SSSR count). The fourth-order valence-electron chi connectivity index (χ4n) is 4.45. The molecule has 2 aliphatic rings. The van der Waals surface area contributed by atoms with E-state index in [4.69, 9.17) is 0 Å². The lowest BCUT2D eigenvalue weighted by Crippen LogP contribution is -2.54. The van der Waals surface area contributed by atoms with Gasteiger partial charge in [-0.15, -0.1) is 0 Å². The van der Waals surface area contributed by atoms with Crippen molar-refractivity contribution < 1.29 is 4.57 Å². The molecule has 0 saturated heterocycles. The van der Waals surface area contributed by atoms with Crippen molar-refractivity contribution in [3.8, 4) is 0 Å². The van der Waals surface area contributed by atoms with Crippen molar-refractivity contribution >= 4 is 28.6 Å². The minimum atomic E-state index is 0.0758. The van der Waals surface area contributed by atoms with E-state index < -0.39 is 0 Å². The summed E-state index contributed by atoms with van der Waals surface area (Å²) < 4.78 is 2.40. The van der Waals surface area contributed by atoms with E-state index in [0.29, 0.717) is 0 Å². The van der Waals surface area contributed by atoms with E-state index in [0.717, 1.165) is 0 Å². The van der Waals surface area contributed by atoms with Crippen LogP contribution in [0.2, 0.25) is 0 Å². The summed E-state index contributed by atoms with van der Waals surface area (Å²) in [7, 11) is 0. The summed E-state index contributed by atoms with van der Waals surface area (Å²) in [5.74, 6) is 0. The minimum Gasteiger partial charge on any atom is -0.278 e. The van der Waals surface area contributed by atoms with E-state index in [-0.39, 0.29) is 6.17 Å². The molecule has 2 heteroatoms. The Kier molecular flexibility index (Phi) is 3.26. The molecule has 1 aromatic heterocycles. The zero-order chi connectivity index (χ0) is 18.5. The molecule has 28 heavy (non-hydrogen) atoms. The second-order valence-corrected chi connectivity index (χ2v) is 7.31. The summed E-state index contributed by atoms with van der Waals surface area (Å²) in [5.41, 5.74) is 6.26. The third kappa shape index (κ3) is 2.18. The van der Waals surface area contributed by atoms with E-state index >= 15 is 0 Å². The van der Waals surface area contributed by atoms with Gasteiger partial charge in [-0.1, -0.05) is 72.8 Å². The topological polar surface area (TPSA) is 7.12 Å². The van der Waals surface area contributed by atoms with E-state index in [9.17, 15) is 0 Å². The van der Waals surface area contributed by atoms with Crippen LogP contribution in [0.5, 0.6) is 0 Å². The first-order valence-electron chi connectivity index (χ1n) is 9.66. The van der Waals surface area contributed by atoms with Gasteiger partial charge in [0.2, 0.25) is 5.69 Å². The van der Waals surface area contributed by atoms with Crippen molar-refractivity contribution in [2.75, 3.05) is 4.90 Å². The van der Waals surface area contributed by atoms with Gasteiger partial charge >= 0.3 is 0 Å². The fourth-order valence-corrected chi connectivity index (χ4v) is 4.45. The zero-order valence-electron chi connectivity index (χ0n) is 15.4. The number of allylic oxidation sites excluding steroid dienone is 1. The van der Waals surface area contributed by atoms with E-state index in [1.165, 1.54) is 39.0 Å². The molecule has 0 radical (unpaired) electrons. The Balaban J connectivity index is 1.69. The van der Waals surface area contributed by atoms with Gasteiger partial charge in [-0.25, -0.2) is 0 Å². The van der Waals surface area contributed by atoms with Crippen LogP contribution < -0.4 is 9.47 Å². The molecule has 2 nitrogen and oxygen atoms in total. The van der Waals surface area contributed by atoms with Gasteiger partial charge in [0.15, 0.2) is 6.20 Å². The Labute approximate surface area is 164 Å². The van der Waals surface area contributed by atoms with Crippen LogP contribution in [0.25, 0.3) is 22.9 Å². The highest BCUT2D eigenvalue weighted by molar-refractivity contribution is 5.90. The van der Waals surface area contributed by atoms with Gasteiger partial charge in [0, 0.05) is 17.7 Å². The highest BCUT2D eigenvalue weighted by Gasteiger charge is 2.39. The molecule has 0 N–H and O–H groups in total. The van der Waals surface area contributed by atoms with Crippen molar-refractivity contribution in [3.05, 3.63) is 120 Å². The summed E-state index contributed by atoms with van der Waals surface area (Å²) >= 11 is 0. The Morgan fingerprint density at radius 1 is 0.714 bits per heavy atom. The third-order valence-corrected chi connectivity index (χ3v) is 5.73. The van der Waals surface area contributed by atoms with Gasteiger partial charge < -0.3 is 0 Å². The van der Waals surface area contributed by atoms with Crippen molar-refractivity contribution in [1.82, 2.24) is 0 Å². The highest BCUT2D eigenvalue weighted by Crippen LogP contribution is 2.40. The summed E-state index contributed by atoms with van der Waals surface area (Å²) in [6, 6.07) is 30.3. The number of aromatic nitrogens is 1. The lowest BCUT2D eigenvalue weighted by molar-refractivity contribution is -0.714. The van der Waals surface area contributed by atoms with Crippen LogP contribution in [0, 0.1) is 0 Å². The Hall–Kier alpha value is -3.65. The molecule has 0 aliphatic carbocycles. The predicted octanol–water partition coefficient (Wildman–Crippen LogP) is 5.56. The second-order valence-electron chi connectivity index (χ2n) is 7.31. The summed E-state index contributed by atoms with van der Waals surface area (Å²) in [6.07, 6.45) is 9.08. The number of para-hydroxylation sites is 1. The number of benzene rings is 3. The molecule has 0 spiro atoms. The van der Waals surface area contributed by atoms with Gasteiger partial charge in [-0.3, -0.25) is 4.90 Å². The minimum absolute atomic E-state index is 0.0758. The molecule has 132 valence electrons. The highest BCUT2D eigenvalue weighted by atomic mass is 15.3. The quantitative estimate of drug-likeness (QED) is 0.404. The molecule has 4 aromatic rings. The Bertz CT molecular complexity index is 1270. The fraction of sp³-hybridized carbons (Fsp3) is 0.0385. The summed E-state index contributed by atoms with van der Waals surface area (Å²) in [5, 5.41) is 2.55. The number of hydrogen-bond donors (Lipinski definition) is 0. The maximum absolute atomic E-state index is 2.45. The molecule has 0 saturated carbocycles. The predicted molar refractivity (Wildman–Crippen MR) is 115 cm³/mol. The van der Waals surface area contributed by atoms with E-state index in [1.807, 2.05) is 0 Å². The maximum atomic E-state index is 2.45. The van der Waals surface area contributed by atoms with E-state index in [1.54, 1.807) is 0 Å².